The van der Waals surface area contributed by atoms with Crippen LogP contribution in [0.2, 0.25) is 0 Å². The van der Waals surface area contributed by atoms with Crippen molar-refractivity contribution in [1.82, 2.24) is 9.38 Å². The largest absolute Gasteiger partial charge is 0.294 e. The van der Waals surface area contributed by atoms with E-state index in [1.54, 1.807) is 11.8 Å². The minimum atomic E-state index is 0.976. The first-order valence-corrected chi connectivity index (χ1v) is 8.81. The molecule has 0 bridgehead atoms. The highest BCUT2D eigenvalue weighted by Crippen LogP contribution is 2.36. The molecule has 2 nitrogen and oxygen atoms in total. The molecule has 118 valence electrons. The van der Waals surface area contributed by atoms with Gasteiger partial charge in [0.05, 0.1) is 0 Å². The van der Waals surface area contributed by atoms with Crippen LogP contribution in [0, 0.1) is 13.8 Å². The van der Waals surface area contributed by atoms with Gasteiger partial charge in [-0.05, 0) is 44.2 Å². The second-order valence-corrected chi connectivity index (χ2v) is 7.04. The fourth-order valence-corrected chi connectivity index (χ4v) is 3.78. The Bertz CT molecular complexity index is 1000. The van der Waals surface area contributed by atoms with Gasteiger partial charge in [-0.1, -0.05) is 59.3 Å². The lowest BCUT2D eigenvalue weighted by atomic mass is 10.1. The molecule has 0 saturated heterocycles. The van der Waals surface area contributed by atoms with Crippen molar-refractivity contribution in [2.75, 3.05) is 0 Å². The summed E-state index contributed by atoms with van der Waals surface area (Å²) in [6.45, 7) is 4.23. The molecule has 0 saturated carbocycles. The van der Waals surface area contributed by atoms with Crippen LogP contribution in [0.4, 0.5) is 0 Å². The lowest BCUT2D eigenvalue weighted by Gasteiger charge is -2.06. The van der Waals surface area contributed by atoms with Gasteiger partial charge in [-0.25, -0.2) is 4.98 Å². The van der Waals surface area contributed by atoms with E-state index in [9.17, 15) is 0 Å². The van der Waals surface area contributed by atoms with E-state index in [1.807, 2.05) is 12.1 Å². The number of hydrogen-bond donors (Lipinski definition) is 0. The third-order valence-corrected chi connectivity index (χ3v) is 5.10. The number of rotatable bonds is 3. The van der Waals surface area contributed by atoms with Crippen molar-refractivity contribution in [3.05, 3.63) is 84.1 Å². The predicted molar refractivity (Wildman–Crippen MR) is 101 cm³/mol. The third kappa shape index (κ3) is 2.83. The average molecular weight is 330 g/mol. The molecule has 0 unspecified atom stereocenters. The fraction of sp³-hybridized carbons (Fsp3) is 0.0952. The summed E-state index contributed by atoms with van der Waals surface area (Å²) < 4.78 is 2.17. The van der Waals surface area contributed by atoms with E-state index in [4.69, 9.17) is 4.98 Å². The number of aryl methyl sites for hydroxylation is 2. The molecule has 2 heterocycles. The van der Waals surface area contributed by atoms with Gasteiger partial charge >= 0.3 is 0 Å². The molecule has 3 heteroatoms. The molecule has 24 heavy (non-hydrogen) atoms. The van der Waals surface area contributed by atoms with Crippen LogP contribution in [0.3, 0.4) is 0 Å². The van der Waals surface area contributed by atoms with Gasteiger partial charge < -0.3 is 0 Å². The molecule has 2 aromatic heterocycles. The average Bonchev–Trinajstić information content (AvgIpc) is 2.96. The molecule has 0 aliphatic rings. The molecule has 4 rings (SSSR count). The number of pyridine rings is 1. The lowest BCUT2D eigenvalue weighted by Crippen LogP contribution is -1.87. The van der Waals surface area contributed by atoms with Gasteiger partial charge in [0, 0.05) is 16.7 Å². The summed E-state index contributed by atoms with van der Waals surface area (Å²) in [7, 11) is 0. The number of benzene rings is 2. The molecule has 0 radical (unpaired) electrons. The number of aromatic nitrogens is 2. The topological polar surface area (TPSA) is 17.3 Å². The van der Waals surface area contributed by atoms with Crippen molar-refractivity contribution in [2.24, 2.45) is 0 Å². The first-order chi connectivity index (χ1) is 11.7. The zero-order valence-corrected chi connectivity index (χ0v) is 14.5. The van der Waals surface area contributed by atoms with E-state index >= 15 is 0 Å². The number of hydrogen-bond acceptors (Lipinski definition) is 2. The molecule has 0 aliphatic heterocycles. The minimum Gasteiger partial charge on any atom is -0.294 e. The molecule has 0 amide bonds. The lowest BCUT2D eigenvalue weighted by molar-refractivity contribution is 1.05. The summed E-state index contributed by atoms with van der Waals surface area (Å²) in [4.78, 5) is 6.10. The van der Waals surface area contributed by atoms with Crippen molar-refractivity contribution in [2.45, 2.75) is 23.8 Å². The Morgan fingerprint density at radius 3 is 2.46 bits per heavy atom. The highest BCUT2D eigenvalue weighted by atomic mass is 32.2. The van der Waals surface area contributed by atoms with E-state index in [1.165, 1.54) is 16.0 Å². The zero-order valence-electron chi connectivity index (χ0n) is 13.7. The fourth-order valence-electron chi connectivity index (χ4n) is 2.77. The first kappa shape index (κ1) is 15.0. The standard InChI is InChI=1S/C21H18N2S/c1-15-9-11-18(12-10-15)24-21-20(17-7-5-6-16(2)14-17)22-19-8-3-4-13-23(19)21/h3-14H,1-2H3. The van der Waals surface area contributed by atoms with Gasteiger partial charge in [-0.2, -0.15) is 0 Å². The van der Waals surface area contributed by atoms with Crippen LogP contribution in [0.1, 0.15) is 11.1 Å². The van der Waals surface area contributed by atoms with E-state index in [2.05, 4.69) is 79.0 Å². The monoisotopic (exact) mass is 330 g/mol. The minimum absolute atomic E-state index is 0.976. The van der Waals surface area contributed by atoms with Crippen molar-refractivity contribution in [3.63, 3.8) is 0 Å². The summed E-state index contributed by atoms with van der Waals surface area (Å²) in [5, 5.41) is 1.15. The van der Waals surface area contributed by atoms with Crippen LogP contribution in [0.25, 0.3) is 16.9 Å². The third-order valence-electron chi connectivity index (χ3n) is 4.01. The van der Waals surface area contributed by atoms with Gasteiger partial charge in [0.2, 0.25) is 0 Å². The van der Waals surface area contributed by atoms with Gasteiger partial charge in [-0.15, -0.1) is 0 Å². The van der Waals surface area contributed by atoms with Crippen LogP contribution in [-0.4, -0.2) is 9.38 Å². The first-order valence-electron chi connectivity index (χ1n) is 7.99. The van der Waals surface area contributed by atoms with E-state index in [-0.39, 0.29) is 0 Å². The maximum atomic E-state index is 4.88. The SMILES string of the molecule is Cc1ccc(Sc2c(-c3cccc(C)c3)nc3ccccn23)cc1. The molecular weight excluding hydrogens is 312 g/mol. The summed E-state index contributed by atoms with van der Waals surface area (Å²) >= 11 is 1.76. The van der Waals surface area contributed by atoms with E-state index in [0.29, 0.717) is 0 Å². The zero-order chi connectivity index (χ0) is 16.5. The smallest absolute Gasteiger partial charge is 0.138 e. The Balaban J connectivity index is 1.88. The Morgan fingerprint density at radius 1 is 0.833 bits per heavy atom. The Kier molecular flexibility index (Phi) is 3.87. The molecular formula is C21H18N2S. The predicted octanol–water partition coefficient (Wildman–Crippen LogP) is 5.77. The highest BCUT2D eigenvalue weighted by molar-refractivity contribution is 7.99. The molecule has 0 fully saturated rings. The Hall–Kier alpha value is -2.52. The van der Waals surface area contributed by atoms with Crippen LogP contribution in [-0.2, 0) is 0 Å². The highest BCUT2D eigenvalue weighted by Gasteiger charge is 2.15. The maximum absolute atomic E-state index is 4.88. The van der Waals surface area contributed by atoms with E-state index in [0.717, 1.165) is 21.9 Å². The van der Waals surface area contributed by atoms with Crippen molar-refractivity contribution in [1.29, 1.82) is 0 Å². The molecule has 4 aromatic rings. The van der Waals surface area contributed by atoms with Crippen molar-refractivity contribution in [3.8, 4) is 11.3 Å². The normalized spacial score (nSPS) is 11.1. The van der Waals surface area contributed by atoms with Crippen molar-refractivity contribution >= 4 is 17.4 Å². The van der Waals surface area contributed by atoms with Crippen LogP contribution >= 0.6 is 11.8 Å². The second-order valence-electron chi connectivity index (χ2n) is 5.98. The van der Waals surface area contributed by atoms with Crippen LogP contribution in [0.15, 0.2) is 82.8 Å². The molecule has 2 aromatic carbocycles. The number of fused-ring (bicyclic) bond motifs is 1. The van der Waals surface area contributed by atoms with Crippen molar-refractivity contribution < 1.29 is 0 Å². The van der Waals surface area contributed by atoms with Gasteiger partial charge in [0.25, 0.3) is 0 Å². The van der Waals surface area contributed by atoms with Crippen LogP contribution in [0.5, 0.6) is 0 Å². The summed E-state index contributed by atoms with van der Waals surface area (Å²) in [5.74, 6) is 0. The second kappa shape index (κ2) is 6.17. The van der Waals surface area contributed by atoms with Gasteiger partial charge in [0.15, 0.2) is 0 Å². The maximum Gasteiger partial charge on any atom is 0.138 e. The number of nitrogens with zero attached hydrogens (tertiary/aromatic N) is 2. The van der Waals surface area contributed by atoms with E-state index < -0.39 is 0 Å². The molecule has 0 aliphatic carbocycles. The molecule has 0 N–H and O–H groups in total. The summed E-state index contributed by atoms with van der Waals surface area (Å²) in [6, 6.07) is 23.3. The molecule has 0 spiro atoms. The summed E-state index contributed by atoms with van der Waals surface area (Å²) in [5.41, 5.74) is 5.69. The number of imidazole rings is 1. The summed E-state index contributed by atoms with van der Waals surface area (Å²) in [6.07, 6.45) is 2.08. The van der Waals surface area contributed by atoms with Gasteiger partial charge in [-0.3, -0.25) is 4.40 Å². The Labute approximate surface area is 146 Å². The van der Waals surface area contributed by atoms with Gasteiger partial charge in [0.1, 0.15) is 16.4 Å². The quantitative estimate of drug-likeness (QED) is 0.474. The van der Waals surface area contributed by atoms with Crippen LogP contribution < -0.4 is 0 Å². The molecule has 0 atom stereocenters. The Morgan fingerprint density at radius 2 is 1.67 bits per heavy atom.